The third-order valence-corrected chi connectivity index (χ3v) is 2.77. The fourth-order valence-electron chi connectivity index (χ4n) is 1.87. The zero-order chi connectivity index (χ0) is 8.18. The number of fused-ring (bicyclic) bond motifs is 2. The second kappa shape index (κ2) is 1.68. The summed E-state index contributed by atoms with van der Waals surface area (Å²) in [6.07, 6.45) is 5.48. The Morgan fingerprint density at radius 1 is 1.50 bits per heavy atom. The second-order valence-corrected chi connectivity index (χ2v) is 3.46. The van der Waals surface area contributed by atoms with Crippen LogP contribution < -0.4 is 5.32 Å². The fourth-order valence-corrected chi connectivity index (χ4v) is 1.87. The number of carbonyl (C=O) groups is 1. The van der Waals surface area contributed by atoms with Gasteiger partial charge in [0.25, 0.3) is 0 Å². The first kappa shape index (κ1) is 6.17. The SMILES string of the molecule is O=C1Nc2ccncc2C12CC2. The molecule has 3 rings (SSSR count). The van der Waals surface area contributed by atoms with Crippen LogP contribution in [0, 0.1) is 0 Å². The van der Waals surface area contributed by atoms with Crippen molar-refractivity contribution in [2.45, 2.75) is 18.3 Å². The normalized spacial score (nSPS) is 22.2. The van der Waals surface area contributed by atoms with Gasteiger partial charge in [-0.1, -0.05) is 0 Å². The highest BCUT2D eigenvalue weighted by atomic mass is 16.2. The molecular formula is C9H8N2O. The van der Waals surface area contributed by atoms with Gasteiger partial charge in [0.05, 0.1) is 5.41 Å². The molecule has 0 unspecified atom stereocenters. The van der Waals surface area contributed by atoms with Crippen molar-refractivity contribution >= 4 is 11.6 Å². The lowest BCUT2D eigenvalue weighted by atomic mass is 10.0. The van der Waals surface area contributed by atoms with Crippen molar-refractivity contribution in [3.05, 3.63) is 24.0 Å². The van der Waals surface area contributed by atoms with Gasteiger partial charge in [-0.3, -0.25) is 9.78 Å². The van der Waals surface area contributed by atoms with Crippen LogP contribution in [0.2, 0.25) is 0 Å². The first-order chi connectivity index (χ1) is 5.83. The highest BCUT2D eigenvalue weighted by Gasteiger charge is 2.56. The predicted molar refractivity (Wildman–Crippen MR) is 43.8 cm³/mol. The Bertz CT molecular complexity index is 369. The Morgan fingerprint density at radius 3 is 3.08 bits per heavy atom. The van der Waals surface area contributed by atoms with E-state index in [0.29, 0.717) is 0 Å². The van der Waals surface area contributed by atoms with Gasteiger partial charge in [-0.05, 0) is 18.9 Å². The van der Waals surface area contributed by atoms with Crippen LogP contribution in [0.5, 0.6) is 0 Å². The summed E-state index contributed by atoms with van der Waals surface area (Å²) >= 11 is 0. The Morgan fingerprint density at radius 2 is 2.33 bits per heavy atom. The van der Waals surface area contributed by atoms with E-state index in [-0.39, 0.29) is 11.3 Å². The molecule has 3 heteroatoms. The average molecular weight is 160 g/mol. The van der Waals surface area contributed by atoms with Crippen LogP contribution in [0.25, 0.3) is 0 Å². The molecule has 1 saturated carbocycles. The van der Waals surface area contributed by atoms with Crippen LogP contribution >= 0.6 is 0 Å². The van der Waals surface area contributed by atoms with Gasteiger partial charge in [0, 0.05) is 23.6 Å². The maximum atomic E-state index is 11.5. The van der Waals surface area contributed by atoms with Crippen molar-refractivity contribution in [1.82, 2.24) is 4.98 Å². The minimum Gasteiger partial charge on any atom is -0.325 e. The van der Waals surface area contributed by atoms with Gasteiger partial charge in [0.15, 0.2) is 0 Å². The Hall–Kier alpha value is -1.38. The third-order valence-electron chi connectivity index (χ3n) is 2.77. The van der Waals surface area contributed by atoms with E-state index in [1.54, 1.807) is 12.4 Å². The van der Waals surface area contributed by atoms with Gasteiger partial charge >= 0.3 is 0 Å². The monoisotopic (exact) mass is 160 g/mol. The van der Waals surface area contributed by atoms with E-state index >= 15 is 0 Å². The lowest BCUT2D eigenvalue weighted by molar-refractivity contribution is -0.117. The molecule has 12 heavy (non-hydrogen) atoms. The molecule has 2 heterocycles. The van der Waals surface area contributed by atoms with Crippen molar-refractivity contribution in [1.29, 1.82) is 0 Å². The molecule has 1 spiro atoms. The number of anilines is 1. The van der Waals surface area contributed by atoms with E-state index in [2.05, 4.69) is 10.3 Å². The molecule has 0 saturated heterocycles. The lowest BCUT2D eigenvalue weighted by Crippen LogP contribution is -2.18. The number of carbonyl (C=O) groups excluding carboxylic acids is 1. The van der Waals surface area contributed by atoms with E-state index in [1.165, 1.54) is 0 Å². The topological polar surface area (TPSA) is 42.0 Å². The molecule has 1 N–H and O–H groups in total. The minimum atomic E-state index is -0.177. The standard InChI is InChI=1S/C9H8N2O/c12-8-9(2-3-9)6-5-10-4-1-7(6)11-8/h1,4-5H,2-3H2,(H,11,12). The average Bonchev–Trinajstić information content (AvgIpc) is 2.80. The van der Waals surface area contributed by atoms with E-state index in [9.17, 15) is 4.79 Å². The van der Waals surface area contributed by atoms with Gasteiger partial charge in [0.2, 0.25) is 5.91 Å². The molecule has 60 valence electrons. The van der Waals surface area contributed by atoms with Crippen LogP contribution in [-0.4, -0.2) is 10.9 Å². The van der Waals surface area contributed by atoms with Gasteiger partial charge in [-0.15, -0.1) is 0 Å². The maximum absolute atomic E-state index is 11.5. The van der Waals surface area contributed by atoms with Crippen molar-refractivity contribution in [2.24, 2.45) is 0 Å². The first-order valence-corrected chi connectivity index (χ1v) is 4.09. The van der Waals surface area contributed by atoms with E-state index in [0.717, 1.165) is 24.1 Å². The predicted octanol–water partition coefficient (Wildman–Crippen LogP) is 1.07. The number of rotatable bonds is 0. The maximum Gasteiger partial charge on any atom is 0.235 e. The van der Waals surface area contributed by atoms with E-state index in [4.69, 9.17) is 0 Å². The van der Waals surface area contributed by atoms with Crippen LogP contribution in [0.3, 0.4) is 0 Å². The molecule has 1 fully saturated rings. The second-order valence-electron chi connectivity index (χ2n) is 3.46. The van der Waals surface area contributed by atoms with Gasteiger partial charge in [-0.25, -0.2) is 0 Å². The van der Waals surface area contributed by atoms with E-state index in [1.807, 2.05) is 6.07 Å². The zero-order valence-corrected chi connectivity index (χ0v) is 6.50. The van der Waals surface area contributed by atoms with Crippen molar-refractivity contribution in [2.75, 3.05) is 5.32 Å². The number of hydrogen-bond donors (Lipinski definition) is 1. The van der Waals surface area contributed by atoms with Crippen LogP contribution in [-0.2, 0) is 10.2 Å². The Labute approximate surface area is 69.8 Å². The van der Waals surface area contributed by atoms with E-state index < -0.39 is 0 Å². The molecule has 1 aliphatic heterocycles. The Balaban J connectivity index is 2.26. The molecule has 2 aliphatic rings. The summed E-state index contributed by atoms with van der Waals surface area (Å²) in [5, 5.41) is 2.87. The highest BCUT2D eigenvalue weighted by Crippen LogP contribution is 2.54. The number of nitrogens with zero attached hydrogens (tertiary/aromatic N) is 1. The summed E-state index contributed by atoms with van der Waals surface area (Å²) in [6, 6.07) is 1.86. The summed E-state index contributed by atoms with van der Waals surface area (Å²) in [6.45, 7) is 0. The summed E-state index contributed by atoms with van der Waals surface area (Å²) in [5.74, 6) is 0.158. The van der Waals surface area contributed by atoms with Crippen LogP contribution in [0.4, 0.5) is 5.69 Å². The lowest BCUT2D eigenvalue weighted by Gasteiger charge is -2.00. The third kappa shape index (κ3) is 0.534. The minimum absolute atomic E-state index is 0.158. The van der Waals surface area contributed by atoms with Crippen molar-refractivity contribution in [3.8, 4) is 0 Å². The largest absolute Gasteiger partial charge is 0.325 e. The van der Waals surface area contributed by atoms with Gasteiger partial charge in [-0.2, -0.15) is 0 Å². The molecule has 1 aromatic heterocycles. The smallest absolute Gasteiger partial charge is 0.235 e. The molecule has 0 atom stereocenters. The molecule has 0 aromatic carbocycles. The molecule has 3 nitrogen and oxygen atoms in total. The quantitative estimate of drug-likeness (QED) is 0.616. The molecule has 1 aromatic rings. The number of aromatic nitrogens is 1. The van der Waals surface area contributed by atoms with Gasteiger partial charge in [0.1, 0.15) is 0 Å². The summed E-state index contributed by atoms with van der Waals surface area (Å²) in [7, 11) is 0. The van der Waals surface area contributed by atoms with Crippen LogP contribution in [0.15, 0.2) is 18.5 Å². The van der Waals surface area contributed by atoms with Crippen molar-refractivity contribution < 1.29 is 4.79 Å². The first-order valence-electron chi connectivity index (χ1n) is 4.09. The summed E-state index contributed by atoms with van der Waals surface area (Å²) in [4.78, 5) is 15.5. The zero-order valence-electron chi connectivity index (χ0n) is 6.50. The number of amides is 1. The highest BCUT2D eigenvalue weighted by molar-refractivity contribution is 6.08. The van der Waals surface area contributed by atoms with Crippen LogP contribution in [0.1, 0.15) is 18.4 Å². The molecule has 1 amide bonds. The van der Waals surface area contributed by atoms with Crippen molar-refractivity contribution in [3.63, 3.8) is 0 Å². The fraction of sp³-hybridized carbons (Fsp3) is 0.333. The molecular weight excluding hydrogens is 152 g/mol. The summed E-state index contributed by atoms with van der Waals surface area (Å²) < 4.78 is 0. The number of pyridine rings is 1. The molecule has 0 bridgehead atoms. The Kier molecular flexibility index (Phi) is 0.865. The number of hydrogen-bond acceptors (Lipinski definition) is 2. The summed E-state index contributed by atoms with van der Waals surface area (Å²) in [5.41, 5.74) is 1.87. The van der Waals surface area contributed by atoms with Gasteiger partial charge < -0.3 is 5.32 Å². The number of nitrogens with one attached hydrogen (secondary N) is 1. The molecule has 0 radical (unpaired) electrons. The molecule has 1 aliphatic carbocycles.